The molecule has 64 valence electrons. The number of methoxy groups -OCH3 is 1. The van der Waals surface area contributed by atoms with Gasteiger partial charge in [0, 0.05) is 17.1 Å². The number of carbonyl (C=O) groups is 1. The number of hydrogen-bond donors (Lipinski definition) is 0. The fourth-order valence-corrected chi connectivity index (χ4v) is 1.34. The topological polar surface area (TPSA) is 26.3 Å². The Balaban J connectivity index is 3.02. The minimum absolute atomic E-state index is 0.474. The van der Waals surface area contributed by atoms with Crippen LogP contribution in [0.3, 0.4) is 0 Å². The summed E-state index contributed by atoms with van der Waals surface area (Å²) < 4.78 is 5.84. The molecular formula is C9H9BrO2. The summed E-state index contributed by atoms with van der Waals surface area (Å²) >= 11 is 3.29. The molecule has 0 spiro atoms. The van der Waals surface area contributed by atoms with Crippen molar-refractivity contribution in [3.63, 3.8) is 0 Å². The monoisotopic (exact) mass is 228 g/mol. The summed E-state index contributed by atoms with van der Waals surface area (Å²) in [5.41, 5.74) is 1.59. The van der Waals surface area contributed by atoms with Crippen molar-refractivity contribution in [1.82, 2.24) is 0 Å². The maximum atomic E-state index is 10.6. The van der Waals surface area contributed by atoms with Crippen molar-refractivity contribution in [2.24, 2.45) is 0 Å². The summed E-state index contributed by atoms with van der Waals surface area (Å²) in [6.45, 7) is 0.474. The van der Waals surface area contributed by atoms with E-state index in [2.05, 4.69) is 15.9 Å². The van der Waals surface area contributed by atoms with E-state index in [1.807, 2.05) is 12.1 Å². The molecule has 0 saturated carbocycles. The molecule has 0 aliphatic rings. The van der Waals surface area contributed by atoms with E-state index in [-0.39, 0.29) is 0 Å². The SMILES string of the molecule is COCc1ccc(Br)cc1C=O. The van der Waals surface area contributed by atoms with Crippen LogP contribution in [0.4, 0.5) is 0 Å². The molecule has 0 N–H and O–H groups in total. The second-order valence-electron chi connectivity index (χ2n) is 2.39. The van der Waals surface area contributed by atoms with Gasteiger partial charge in [0.2, 0.25) is 0 Å². The molecule has 0 radical (unpaired) electrons. The number of carbonyl (C=O) groups excluding carboxylic acids is 1. The Morgan fingerprint density at radius 3 is 2.92 bits per heavy atom. The van der Waals surface area contributed by atoms with Crippen molar-refractivity contribution in [2.75, 3.05) is 7.11 Å². The summed E-state index contributed by atoms with van der Waals surface area (Å²) in [6.07, 6.45) is 0.832. The quantitative estimate of drug-likeness (QED) is 0.744. The summed E-state index contributed by atoms with van der Waals surface area (Å²) in [7, 11) is 1.61. The van der Waals surface area contributed by atoms with Crippen molar-refractivity contribution < 1.29 is 9.53 Å². The lowest BCUT2D eigenvalue weighted by molar-refractivity contribution is 0.111. The Morgan fingerprint density at radius 2 is 2.33 bits per heavy atom. The smallest absolute Gasteiger partial charge is 0.150 e. The Kier molecular flexibility index (Phi) is 3.44. The third kappa shape index (κ3) is 2.16. The fraction of sp³-hybridized carbons (Fsp3) is 0.222. The lowest BCUT2D eigenvalue weighted by atomic mass is 10.1. The highest BCUT2D eigenvalue weighted by Gasteiger charge is 2.00. The molecule has 0 aromatic heterocycles. The molecule has 0 amide bonds. The summed E-state index contributed by atoms with van der Waals surface area (Å²) in [5.74, 6) is 0. The highest BCUT2D eigenvalue weighted by Crippen LogP contribution is 2.15. The molecule has 2 nitrogen and oxygen atoms in total. The molecule has 0 aliphatic heterocycles. The molecule has 0 heterocycles. The Morgan fingerprint density at radius 1 is 1.58 bits per heavy atom. The second-order valence-corrected chi connectivity index (χ2v) is 3.31. The van der Waals surface area contributed by atoms with Gasteiger partial charge in [-0.15, -0.1) is 0 Å². The van der Waals surface area contributed by atoms with Crippen LogP contribution < -0.4 is 0 Å². The molecule has 1 aromatic carbocycles. The number of hydrogen-bond acceptors (Lipinski definition) is 2. The molecule has 3 heteroatoms. The average Bonchev–Trinajstić information content (AvgIpc) is 2.08. The zero-order valence-corrected chi connectivity index (χ0v) is 8.30. The predicted octanol–water partition coefficient (Wildman–Crippen LogP) is 2.41. The molecule has 0 unspecified atom stereocenters. The van der Waals surface area contributed by atoms with E-state index >= 15 is 0 Å². The van der Waals surface area contributed by atoms with Crippen molar-refractivity contribution in [3.8, 4) is 0 Å². The lowest BCUT2D eigenvalue weighted by Crippen LogP contribution is -1.93. The fourth-order valence-electron chi connectivity index (χ4n) is 0.962. The van der Waals surface area contributed by atoms with Crippen molar-refractivity contribution in [1.29, 1.82) is 0 Å². The summed E-state index contributed by atoms with van der Waals surface area (Å²) in [5, 5.41) is 0. The number of benzene rings is 1. The van der Waals surface area contributed by atoms with E-state index in [0.29, 0.717) is 12.2 Å². The number of ether oxygens (including phenoxy) is 1. The maximum absolute atomic E-state index is 10.6. The van der Waals surface area contributed by atoms with Gasteiger partial charge in [-0.05, 0) is 17.7 Å². The van der Waals surface area contributed by atoms with Crippen molar-refractivity contribution in [3.05, 3.63) is 33.8 Å². The highest BCUT2D eigenvalue weighted by atomic mass is 79.9. The third-order valence-electron chi connectivity index (χ3n) is 1.53. The zero-order valence-electron chi connectivity index (χ0n) is 6.71. The van der Waals surface area contributed by atoms with Crippen molar-refractivity contribution in [2.45, 2.75) is 6.61 Å². The minimum atomic E-state index is 0.474. The Bertz CT molecular complexity index is 284. The van der Waals surface area contributed by atoms with Crippen LogP contribution in [0.2, 0.25) is 0 Å². The molecular weight excluding hydrogens is 220 g/mol. The molecule has 0 atom stereocenters. The van der Waals surface area contributed by atoms with Crippen LogP contribution in [0.5, 0.6) is 0 Å². The van der Waals surface area contributed by atoms with Crippen LogP contribution >= 0.6 is 15.9 Å². The van der Waals surface area contributed by atoms with Gasteiger partial charge in [-0.2, -0.15) is 0 Å². The van der Waals surface area contributed by atoms with Gasteiger partial charge >= 0.3 is 0 Å². The molecule has 12 heavy (non-hydrogen) atoms. The second kappa shape index (κ2) is 4.38. The highest BCUT2D eigenvalue weighted by molar-refractivity contribution is 9.10. The first kappa shape index (κ1) is 9.42. The number of rotatable bonds is 3. The average molecular weight is 229 g/mol. The first-order valence-electron chi connectivity index (χ1n) is 3.50. The van der Waals surface area contributed by atoms with Crippen molar-refractivity contribution >= 4 is 22.2 Å². The predicted molar refractivity (Wildman–Crippen MR) is 50.2 cm³/mol. The van der Waals surface area contributed by atoms with Gasteiger partial charge < -0.3 is 4.74 Å². The van der Waals surface area contributed by atoms with E-state index in [9.17, 15) is 4.79 Å². The number of halogens is 1. The van der Waals surface area contributed by atoms with E-state index in [1.165, 1.54) is 0 Å². The number of aldehydes is 1. The van der Waals surface area contributed by atoms with E-state index < -0.39 is 0 Å². The molecule has 0 aliphatic carbocycles. The van der Waals surface area contributed by atoms with Gasteiger partial charge in [0.1, 0.15) is 6.29 Å². The van der Waals surface area contributed by atoms with Gasteiger partial charge in [-0.25, -0.2) is 0 Å². The molecule has 0 fully saturated rings. The third-order valence-corrected chi connectivity index (χ3v) is 2.03. The minimum Gasteiger partial charge on any atom is -0.380 e. The van der Waals surface area contributed by atoms with Gasteiger partial charge in [-0.1, -0.05) is 22.0 Å². The molecule has 1 aromatic rings. The van der Waals surface area contributed by atoms with Crippen LogP contribution in [0.1, 0.15) is 15.9 Å². The lowest BCUT2D eigenvalue weighted by Gasteiger charge is -2.02. The Hall–Kier alpha value is -0.670. The standard InChI is InChI=1S/C9H9BrO2/c1-12-6-7-2-3-9(10)4-8(7)5-11/h2-5H,6H2,1H3. The first-order valence-corrected chi connectivity index (χ1v) is 4.29. The first-order chi connectivity index (χ1) is 5.77. The van der Waals surface area contributed by atoms with Gasteiger partial charge in [0.15, 0.2) is 0 Å². The summed E-state index contributed by atoms with van der Waals surface area (Å²) in [4.78, 5) is 10.6. The summed E-state index contributed by atoms with van der Waals surface area (Å²) in [6, 6.07) is 5.54. The van der Waals surface area contributed by atoms with Crippen LogP contribution in [0, 0.1) is 0 Å². The van der Waals surface area contributed by atoms with E-state index in [0.717, 1.165) is 16.3 Å². The zero-order chi connectivity index (χ0) is 8.97. The maximum Gasteiger partial charge on any atom is 0.150 e. The van der Waals surface area contributed by atoms with Crippen LogP contribution in [-0.4, -0.2) is 13.4 Å². The van der Waals surface area contributed by atoms with Crippen LogP contribution in [-0.2, 0) is 11.3 Å². The molecule has 1 rings (SSSR count). The molecule has 0 saturated heterocycles. The van der Waals surface area contributed by atoms with Crippen LogP contribution in [0.15, 0.2) is 22.7 Å². The van der Waals surface area contributed by atoms with E-state index in [4.69, 9.17) is 4.74 Å². The van der Waals surface area contributed by atoms with Gasteiger partial charge in [0.25, 0.3) is 0 Å². The molecule has 0 bridgehead atoms. The van der Waals surface area contributed by atoms with Crippen LogP contribution in [0.25, 0.3) is 0 Å². The Labute approximate surface area is 79.7 Å². The van der Waals surface area contributed by atoms with Gasteiger partial charge in [-0.3, -0.25) is 4.79 Å². The van der Waals surface area contributed by atoms with E-state index in [1.54, 1.807) is 13.2 Å². The van der Waals surface area contributed by atoms with Gasteiger partial charge in [0.05, 0.1) is 6.61 Å². The normalized spacial score (nSPS) is 9.83. The largest absolute Gasteiger partial charge is 0.380 e.